The lowest BCUT2D eigenvalue weighted by atomic mass is 9.82. The molecule has 2 N–H and O–H groups in total. The van der Waals surface area contributed by atoms with Crippen molar-refractivity contribution in [1.82, 2.24) is 5.32 Å². The quantitative estimate of drug-likeness (QED) is 0.674. The second-order valence-electron chi connectivity index (χ2n) is 5.26. The summed E-state index contributed by atoms with van der Waals surface area (Å²) in [6.07, 6.45) is 5.55. The number of nitrogens with one attached hydrogen (secondary N) is 1. The fourth-order valence-electron chi connectivity index (χ4n) is 2.99. The smallest absolute Gasteiger partial charge is 0.307 e. The summed E-state index contributed by atoms with van der Waals surface area (Å²) in [5.74, 6) is -2.82. The van der Waals surface area contributed by atoms with Crippen molar-refractivity contribution in [3.05, 3.63) is 12.2 Å². The predicted molar refractivity (Wildman–Crippen MR) is 68.1 cm³/mol. The number of carboxylic acids is 1. The summed E-state index contributed by atoms with van der Waals surface area (Å²) in [5, 5.41) is 11.7. The van der Waals surface area contributed by atoms with E-state index < -0.39 is 27.6 Å². The number of hydrogen-bond acceptors (Lipinski definition) is 4. The van der Waals surface area contributed by atoms with E-state index in [1.807, 2.05) is 12.2 Å². The molecular weight excluding hydrogens is 270 g/mol. The van der Waals surface area contributed by atoms with Gasteiger partial charge in [0.1, 0.15) is 9.84 Å². The van der Waals surface area contributed by atoms with E-state index in [0.717, 1.165) is 6.26 Å². The highest BCUT2D eigenvalue weighted by molar-refractivity contribution is 7.90. The Morgan fingerprint density at radius 1 is 1.26 bits per heavy atom. The van der Waals surface area contributed by atoms with Crippen LogP contribution < -0.4 is 5.32 Å². The van der Waals surface area contributed by atoms with Gasteiger partial charge in [-0.15, -0.1) is 0 Å². The molecule has 0 aromatic rings. The average molecular weight is 287 g/mol. The van der Waals surface area contributed by atoms with Gasteiger partial charge in [-0.1, -0.05) is 12.2 Å². The van der Waals surface area contributed by atoms with E-state index in [4.69, 9.17) is 0 Å². The van der Waals surface area contributed by atoms with E-state index >= 15 is 0 Å². The molecule has 0 saturated heterocycles. The van der Waals surface area contributed by atoms with Crippen molar-refractivity contribution in [3.63, 3.8) is 0 Å². The van der Waals surface area contributed by atoms with Crippen molar-refractivity contribution < 1.29 is 23.1 Å². The first-order valence-electron chi connectivity index (χ1n) is 6.16. The first-order chi connectivity index (χ1) is 8.79. The highest BCUT2D eigenvalue weighted by atomic mass is 32.2. The number of fused-ring (bicyclic) bond motifs is 2. The van der Waals surface area contributed by atoms with E-state index in [1.165, 1.54) is 0 Å². The van der Waals surface area contributed by atoms with Gasteiger partial charge in [-0.25, -0.2) is 8.42 Å². The number of rotatable bonds is 5. The maximum absolute atomic E-state index is 12.0. The normalized spacial score (nSPS) is 32.5. The zero-order valence-corrected chi connectivity index (χ0v) is 11.4. The Labute approximate surface area is 111 Å². The van der Waals surface area contributed by atoms with Crippen molar-refractivity contribution in [2.75, 3.05) is 18.6 Å². The SMILES string of the molecule is CS(=O)(=O)CCNC(=O)[C@H]1C2C=CC(C2)[C@H]1C(=O)O. The van der Waals surface area contributed by atoms with Crippen LogP contribution in [0.1, 0.15) is 6.42 Å². The predicted octanol–water partition coefficient (Wildman–Crippen LogP) is -0.330. The molecule has 1 fully saturated rings. The molecule has 7 heteroatoms. The Morgan fingerprint density at radius 2 is 1.84 bits per heavy atom. The van der Waals surface area contributed by atoms with Gasteiger partial charge in [-0.2, -0.15) is 0 Å². The lowest BCUT2D eigenvalue weighted by Crippen LogP contribution is -2.41. The Bertz CT molecular complexity index is 524. The zero-order chi connectivity index (χ0) is 14.2. The Kier molecular flexibility index (Phi) is 3.66. The molecule has 19 heavy (non-hydrogen) atoms. The minimum atomic E-state index is -3.13. The molecule has 1 saturated carbocycles. The van der Waals surface area contributed by atoms with Gasteiger partial charge in [0.25, 0.3) is 0 Å². The summed E-state index contributed by atoms with van der Waals surface area (Å²) < 4.78 is 22.0. The van der Waals surface area contributed by atoms with Gasteiger partial charge < -0.3 is 10.4 Å². The minimum Gasteiger partial charge on any atom is -0.481 e. The summed E-state index contributed by atoms with van der Waals surface area (Å²) in [5.41, 5.74) is 0. The summed E-state index contributed by atoms with van der Waals surface area (Å²) in [6.45, 7) is 0.0294. The van der Waals surface area contributed by atoms with Crippen LogP contribution in [0.15, 0.2) is 12.2 Å². The highest BCUT2D eigenvalue weighted by Crippen LogP contribution is 2.48. The first-order valence-corrected chi connectivity index (χ1v) is 8.22. The number of allylic oxidation sites excluding steroid dienone is 2. The zero-order valence-electron chi connectivity index (χ0n) is 10.6. The van der Waals surface area contributed by atoms with Gasteiger partial charge in [0, 0.05) is 12.8 Å². The van der Waals surface area contributed by atoms with Crippen molar-refractivity contribution in [1.29, 1.82) is 0 Å². The summed E-state index contributed by atoms with van der Waals surface area (Å²) >= 11 is 0. The molecule has 0 aromatic heterocycles. The number of carbonyl (C=O) groups excluding carboxylic acids is 1. The van der Waals surface area contributed by atoms with Gasteiger partial charge in [-0.05, 0) is 18.3 Å². The molecule has 6 nitrogen and oxygen atoms in total. The van der Waals surface area contributed by atoms with Gasteiger partial charge >= 0.3 is 5.97 Å². The van der Waals surface area contributed by atoms with Crippen LogP contribution in [-0.4, -0.2) is 44.0 Å². The third-order valence-electron chi connectivity index (χ3n) is 3.82. The third-order valence-corrected chi connectivity index (χ3v) is 4.76. The standard InChI is InChI=1S/C12H17NO5S/c1-19(17,18)5-4-13-11(14)9-7-2-3-8(6-7)10(9)12(15)16/h2-3,7-10H,4-6H2,1H3,(H,13,14)(H,15,16)/t7?,8?,9-,10+/m0/s1. The highest BCUT2D eigenvalue weighted by Gasteiger charge is 2.51. The van der Waals surface area contributed by atoms with Gasteiger partial charge in [-0.3, -0.25) is 9.59 Å². The Hall–Kier alpha value is -1.37. The fourth-order valence-corrected chi connectivity index (χ4v) is 3.47. The number of carboxylic acid groups (broad SMARTS) is 1. The second kappa shape index (κ2) is 4.96. The molecule has 1 amide bonds. The number of sulfone groups is 1. The average Bonchev–Trinajstić information content (AvgIpc) is 2.85. The molecule has 0 aliphatic heterocycles. The van der Waals surface area contributed by atoms with Crippen molar-refractivity contribution in [2.24, 2.45) is 23.7 Å². The second-order valence-corrected chi connectivity index (χ2v) is 7.52. The number of aliphatic carboxylic acids is 1. The molecule has 2 aliphatic rings. The van der Waals surface area contributed by atoms with Crippen molar-refractivity contribution >= 4 is 21.7 Å². The van der Waals surface area contributed by atoms with Gasteiger partial charge in [0.15, 0.2) is 0 Å². The molecular formula is C12H17NO5S. The van der Waals surface area contributed by atoms with Crippen LogP contribution in [0.3, 0.4) is 0 Å². The largest absolute Gasteiger partial charge is 0.481 e. The Morgan fingerprint density at radius 3 is 2.37 bits per heavy atom. The van der Waals surface area contributed by atoms with Crippen LogP contribution in [0.4, 0.5) is 0 Å². The van der Waals surface area contributed by atoms with Crippen LogP contribution in [-0.2, 0) is 19.4 Å². The van der Waals surface area contributed by atoms with Crippen molar-refractivity contribution in [2.45, 2.75) is 6.42 Å². The lowest BCUT2D eigenvalue weighted by molar-refractivity contribution is -0.147. The Balaban J connectivity index is 1.99. The monoisotopic (exact) mass is 287 g/mol. The van der Waals surface area contributed by atoms with E-state index in [-0.39, 0.29) is 30.0 Å². The molecule has 4 atom stereocenters. The number of amides is 1. The van der Waals surface area contributed by atoms with Crippen LogP contribution in [0.25, 0.3) is 0 Å². The van der Waals surface area contributed by atoms with Crippen molar-refractivity contribution in [3.8, 4) is 0 Å². The fraction of sp³-hybridized carbons (Fsp3) is 0.667. The van der Waals surface area contributed by atoms with Gasteiger partial charge in [0.2, 0.25) is 5.91 Å². The summed E-state index contributed by atoms with van der Waals surface area (Å²) in [7, 11) is -3.13. The molecule has 2 aliphatic carbocycles. The molecule has 106 valence electrons. The number of carbonyl (C=O) groups is 2. The van der Waals surface area contributed by atoms with E-state index in [2.05, 4.69) is 5.32 Å². The molecule has 0 heterocycles. The van der Waals surface area contributed by atoms with Crippen LogP contribution in [0, 0.1) is 23.7 Å². The molecule has 0 aromatic carbocycles. The maximum Gasteiger partial charge on any atom is 0.307 e. The molecule has 2 unspecified atom stereocenters. The van der Waals surface area contributed by atoms with Crippen LogP contribution >= 0.6 is 0 Å². The summed E-state index contributed by atoms with van der Waals surface area (Å²) in [4.78, 5) is 23.3. The topological polar surface area (TPSA) is 101 Å². The lowest BCUT2D eigenvalue weighted by Gasteiger charge is -2.23. The van der Waals surface area contributed by atoms with E-state index in [9.17, 15) is 23.1 Å². The third kappa shape index (κ3) is 2.97. The molecule has 0 spiro atoms. The minimum absolute atomic E-state index is 0.0294. The number of hydrogen-bond donors (Lipinski definition) is 2. The van der Waals surface area contributed by atoms with E-state index in [0.29, 0.717) is 6.42 Å². The van der Waals surface area contributed by atoms with Crippen LogP contribution in [0.5, 0.6) is 0 Å². The molecule has 0 radical (unpaired) electrons. The maximum atomic E-state index is 12.0. The van der Waals surface area contributed by atoms with Gasteiger partial charge in [0.05, 0.1) is 17.6 Å². The first kappa shape index (κ1) is 14.0. The molecule has 2 rings (SSSR count). The van der Waals surface area contributed by atoms with Crippen LogP contribution in [0.2, 0.25) is 0 Å². The van der Waals surface area contributed by atoms with E-state index in [1.54, 1.807) is 0 Å². The molecule has 2 bridgehead atoms. The summed E-state index contributed by atoms with van der Waals surface area (Å²) in [6, 6.07) is 0.